The molecule has 0 radical (unpaired) electrons. The van der Waals surface area contributed by atoms with E-state index < -0.39 is 4.92 Å². The molecule has 102 valence electrons. The molecule has 0 aliphatic carbocycles. The molecule has 1 unspecified atom stereocenters. The Bertz CT molecular complexity index is 467. The predicted octanol–water partition coefficient (Wildman–Crippen LogP) is 1.46. The Labute approximate surface area is 111 Å². The average Bonchev–Trinajstić information content (AvgIpc) is 2.36. The minimum Gasteiger partial charge on any atom is -0.352 e. The van der Waals surface area contributed by atoms with Gasteiger partial charge in [0.25, 0.3) is 5.69 Å². The van der Waals surface area contributed by atoms with E-state index in [9.17, 15) is 14.9 Å². The van der Waals surface area contributed by atoms with Gasteiger partial charge in [0.1, 0.15) is 0 Å². The fourth-order valence-corrected chi connectivity index (χ4v) is 1.36. The lowest BCUT2D eigenvalue weighted by Crippen LogP contribution is -2.27. The van der Waals surface area contributed by atoms with Gasteiger partial charge in [0, 0.05) is 30.8 Å². The highest BCUT2D eigenvalue weighted by molar-refractivity contribution is 5.91. The second kappa shape index (κ2) is 7.27. The highest BCUT2D eigenvalue weighted by Crippen LogP contribution is 2.12. The summed E-state index contributed by atoms with van der Waals surface area (Å²) in [6.45, 7) is 2.40. The van der Waals surface area contributed by atoms with Crippen LogP contribution in [0.15, 0.2) is 30.3 Å². The average molecular weight is 263 g/mol. The van der Waals surface area contributed by atoms with Gasteiger partial charge in [0.05, 0.1) is 4.92 Å². The number of hydrogen-bond donors (Lipinski definition) is 2. The number of non-ortho nitro benzene ring substituents is 1. The van der Waals surface area contributed by atoms with Crippen LogP contribution in [-0.4, -0.2) is 23.4 Å². The Morgan fingerprint density at radius 1 is 1.47 bits per heavy atom. The summed E-state index contributed by atoms with van der Waals surface area (Å²) >= 11 is 0. The molecule has 6 nitrogen and oxygen atoms in total. The molecule has 1 amide bonds. The van der Waals surface area contributed by atoms with Gasteiger partial charge in [-0.1, -0.05) is 0 Å². The summed E-state index contributed by atoms with van der Waals surface area (Å²) in [6.07, 6.45) is 3.71. The molecule has 19 heavy (non-hydrogen) atoms. The molecular formula is C13H17N3O3. The van der Waals surface area contributed by atoms with Crippen LogP contribution >= 0.6 is 0 Å². The minimum absolute atomic E-state index is 0.0264. The third-order valence-corrected chi connectivity index (χ3v) is 2.43. The van der Waals surface area contributed by atoms with Gasteiger partial charge in [0.15, 0.2) is 0 Å². The number of nitrogens with zero attached hydrogens (tertiary/aromatic N) is 1. The lowest BCUT2D eigenvalue weighted by molar-refractivity contribution is -0.384. The van der Waals surface area contributed by atoms with Crippen LogP contribution in [0, 0.1) is 10.1 Å². The number of benzene rings is 1. The van der Waals surface area contributed by atoms with Crippen molar-refractivity contribution >= 4 is 17.7 Å². The summed E-state index contributed by atoms with van der Waals surface area (Å²) < 4.78 is 0. The molecule has 3 N–H and O–H groups in total. The number of rotatable bonds is 6. The topological polar surface area (TPSA) is 98.3 Å². The lowest BCUT2D eigenvalue weighted by Gasteiger charge is -2.04. The van der Waals surface area contributed by atoms with Gasteiger partial charge in [-0.05, 0) is 37.1 Å². The van der Waals surface area contributed by atoms with Crippen LogP contribution in [0.1, 0.15) is 18.9 Å². The molecule has 1 aromatic carbocycles. The minimum atomic E-state index is -0.464. The quantitative estimate of drug-likeness (QED) is 0.461. The monoisotopic (exact) mass is 263 g/mol. The second-order valence-corrected chi connectivity index (χ2v) is 4.24. The number of nitrogens with two attached hydrogens (primary N) is 1. The lowest BCUT2D eigenvalue weighted by atomic mass is 10.2. The van der Waals surface area contributed by atoms with Crippen LogP contribution in [0.25, 0.3) is 6.08 Å². The molecule has 0 aromatic heterocycles. The van der Waals surface area contributed by atoms with Gasteiger partial charge in [-0.25, -0.2) is 0 Å². The first-order valence-corrected chi connectivity index (χ1v) is 5.95. The Balaban J connectivity index is 2.47. The molecule has 0 heterocycles. The highest BCUT2D eigenvalue weighted by Gasteiger charge is 2.02. The maximum Gasteiger partial charge on any atom is 0.269 e. The number of carbonyl (C=O) groups is 1. The van der Waals surface area contributed by atoms with E-state index in [0.29, 0.717) is 6.54 Å². The molecule has 0 aliphatic rings. The van der Waals surface area contributed by atoms with Crippen LogP contribution in [0.3, 0.4) is 0 Å². The van der Waals surface area contributed by atoms with Gasteiger partial charge < -0.3 is 11.1 Å². The van der Waals surface area contributed by atoms with Crippen LogP contribution in [0.2, 0.25) is 0 Å². The van der Waals surface area contributed by atoms with E-state index in [2.05, 4.69) is 5.32 Å². The largest absolute Gasteiger partial charge is 0.352 e. The molecule has 0 saturated carbocycles. The Kier molecular flexibility index (Phi) is 5.69. The fraction of sp³-hybridized carbons (Fsp3) is 0.308. The molecule has 0 aliphatic heterocycles. The van der Waals surface area contributed by atoms with Gasteiger partial charge >= 0.3 is 0 Å². The van der Waals surface area contributed by atoms with E-state index in [1.54, 1.807) is 18.2 Å². The third kappa shape index (κ3) is 5.78. The molecule has 0 spiro atoms. The van der Waals surface area contributed by atoms with Crippen molar-refractivity contribution in [3.63, 3.8) is 0 Å². The number of nitro benzene ring substituents is 1. The maximum absolute atomic E-state index is 11.4. The summed E-state index contributed by atoms with van der Waals surface area (Å²) in [5.41, 5.74) is 6.31. The van der Waals surface area contributed by atoms with Gasteiger partial charge in [0.2, 0.25) is 5.91 Å². The number of nitro groups is 1. The second-order valence-electron chi connectivity index (χ2n) is 4.24. The predicted molar refractivity (Wildman–Crippen MR) is 73.4 cm³/mol. The van der Waals surface area contributed by atoms with Crippen LogP contribution < -0.4 is 11.1 Å². The number of amides is 1. The van der Waals surface area contributed by atoms with Crippen molar-refractivity contribution in [2.24, 2.45) is 5.73 Å². The summed E-state index contributed by atoms with van der Waals surface area (Å²) in [5.74, 6) is -0.209. The molecule has 6 heteroatoms. The zero-order chi connectivity index (χ0) is 14.3. The van der Waals surface area contributed by atoms with Crippen molar-refractivity contribution in [2.45, 2.75) is 19.4 Å². The number of carbonyl (C=O) groups excluding carboxylic acids is 1. The molecule has 0 saturated heterocycles. The van der Waals surface area contributed by atoms with Crippen molar-refractivity contribution in [1.82, 2.24) is 5.32 Å². The van der Waals surface area contributed by atoms with E-state index in [4.69, 9.17) is 5.73 Å². The summed E-state index contributed by atoms with van der Waals surface area (Å²) in [4.78, 5) is 21.4. The first-order chi connectivity index (χ1) is 8.99. The third-order valence-electron chi connectivity index (χ3n) is 2.43. The molecule has 1 rings (SSSR count). The van der Waals surface area contributed by atoms with E-state index in [1.165, 1.54) is 18.2 Å². The molecule has 0 bridgehead atoms. The fourth-order valence-electron chi connectivity index (χ4n) is 1.36. The summed E-state index contributed by atoms with van der Waals surface area (Å²) in [5, 5.41) is 13.2. The Morgan fingerprint density at radius 3 is 2.63 bits per heavy atom. The van der Waals surface area contributed by atoms with Crippen molar-refractivity contribution in [3.05, 3.63) is 46.0 Å². The van der Waals surface area contributed by atoms with Crippen molar-refractivity contribution in [1.29, 1.82) is 0 Å². The van der Waals surface area contributed by atoms with E-state index in [1.807, 2.05) is 6.92 Å². The first kappa shape index (κ1) is 14.8. The normalized spacial score (nSPS) is 12.3. The van der Waals surface area contributed by atoms with Crippen LogP contribution in [0.5, 0.6) is 0 Å². The summed E-state index contributed by atoms with van der Waals surface area (Å²) in [7, 11) is 0. The van der Waals surface area contributed by atoms with E-state index >= 15 is 0 Å². The zero-order valence-corrected chi connectivity index (χ0v) is 10.7. The van der Waals surface area contributed by atoms with Crippen LogP contribution in [-0.2, 0) is 4.79 Å². The molecule has 1 atom stereocenters. The maximum atomic E-state index is 11.4. The Morgan fingerprint density at radius 2 is 2.11 bits per heavy atom. The number of nitrogens with one attached hydrogen (secondary N) is 1. The smallest absolute Gasteiger partial charge is 0.269 e. The SMILES string of the molecule is CC(N)CCNC(=O)C=Cc1ccc([N+](=O)[O-])cc1. The van der Waals surface area contributed by atoms with Gasteiger partial charge in [-0.15, -0.1) is 0 Å². The van der Waals surface area contributed by atoms with Gasteiger partial charge in [-0.2, -0.15) is 0 Å². The number of hydrogen-bond acceptors (Lipinski definition) is 4. The molecular weight excluding hydrogens is 246 g/mol. The Hall–Kier alpha value is -2.21. The van der Waals surface area contributed by atoms with Gasteiger partial charge in [-0.3, -0.25) is 14.9 Å². The van der Waals surface area contributed by atoms with E-state index in [0.717, 1.165) is 12.0 Å². The molecule has 0 fully saturated rings. The van der Waals surface area contributed by atoms with Crippen molar-refractivity contribution in [3.8, 4) is 0 Å². The highest BCUT2D eigenvalue weighted by atomic mass is 16.6. The zero-order valence-electron chi connectivity index (χ0n) is 10.7. The van der Waals surface area contributed by atoms with Crippen molar-refractivity contribution in [2.75, 3.05) is 6.54 Å². The van der Waals surface area contributed by atoms with E-state index in [-0.39, 0.29) is 17.6 Å². The van der Waals surface area contributed by atoms with Crippen molar-refractivity contribution < 1.29 is 9.72 Å². The van der Waals surface area contributed by atoms with Crippen LogP contribution in [0.4, 0.5) is 5.69 Å². The standard InChI is InChI=1S/C13H17N3O3/c1-10(14)8-9-15-13(17)7-4-11-2-5-12(6-3-11)16(18)19/h2-7,10H,8-9,14H2,1H3,(H,15,17). The first-order valence-electron chi connectivity index (χ1n) is 5.95. The molecule has 1 aromatic rings. The summed E-state index contributed by atoms with van der Waals surface area (Å²) in [6, 6.07) is 6.02.